The molecule has 34 heavy (non-hydrogen) atoms. The molecule has 1 saturated heterocycles. The lowest BCUT2D eigenvalue weighted by atomic mass is 9.95. The van der Waals surface area contributed by atoms with Crippen molar-refractivity contribution in [3.63, 3.8) is 0 Å². The molecule has 2 heterocycles. The van der Waals surface area contributed by atoms with Crippen LogP contribution in [-0.4, -0.2) is 36.7 Å². The highest BCUT2D eigenvalue weighted by atomic mass is 79.9. The molecule has 1 aromatic heterocycles. The molecule has 1 atom stereocenters. The van der Waals surface area contributed by atoms with Gasteiger partial charge in [-0.1, -0.05) is 51.8 Å². The van der Waals surface area contributed by atoms with Crippen molar-refractivity contribution in [1.29, 1.82) is 0 Å². The fourth-order valence-corrected chi connectivity index (χ4v) is 7.00. The Labute approximate surface area is 217 Å². The molecular weight excluding hydrogens is 582 g/mol. The summed E-state index contributed by atoms with van der Waals surface area (Å²) in [6.07, 6.45) is 2.63. The summed E-state index contributed by atoms with van der Waals surface area (Å²) >= 11 is 6.69. The number of nitrogens with one attached hydrogen (secondary N) is 1. The van der Waals surface area contributed by atoms with Gasteiger partial charge in [-0.3, -0.25) is 9.78 Å². The molecule has 1 fully saturated rings. The lowest BCUT2D eigenvalue weighted by Gasteiger charge is -2.31. The number of hydrogen-bond acceptors (Lipinski definition) is 4. The summed E-state index contributed by atoms with van der Waals surface area (Å²) in [5.41, 5.74) is 2.86. The van der Waals surface area contributed by atoms with Gasteiger partial charge in [-0.25, -0.2) is 8.42 Å². The van der Waals surface area contributed by atoms with E-state index in [2.05, 4.69) is 42.2 Å². The third-order valence-electron chi connectivity index (χ3n) is 6.02. The zero-order valence-electron chi connectivity index (χ0n) is 18.6. The van der Waals surface area contributed by atoms with Crippen molar-refractivity contribution in [2.75, 3.05) is 13.1 Å². The Balaban J connectivity index is 1.47. The van der Waals surface area contributed by atoms with Crippen LogP contribution in [0.3, 0.4) is 0 Å². The summed E-state index contributed by atoms with van der Waals surface area (Å²) in [5.74, 6) is -0.356. The molecule has 1 unspecified atom stereocenters. The molecule has 0 spiro atoms. The predicted molar refractivity (Wildman–Crippen MR) is 139 cm³/mol. The first-order valence-corrected chi connectivity index (χ1v) is 14.0. The van der Waals surface area contributed by atoms with Crippen molar-refractivity contribution < 1.29 is 13.2 Å². The lowest BCUT2D eigenvalue weighted by Crippen LogP contribution is -2.44. The van der Waals surface area contributed by atoms with Crippen LogP contribution in [0, 0.1) is 12.8 Å². The number of piperidine rings is 1. The van der Waals surface area contributed by atoms with E-state index in [0.29, 0.717) is 21.8 Å². The van der Waals surface area contributed by atoms with Crippen LogP contribution in [0.4, 0.5) is 0 Å². The molecule has 2 aromatic carbocycles. The Kier molecular flexibility index (Phi) is 7.87. The van der Waals surface area contributed by atoms with E-state index in [9.17, 15) is 13.2 Å². The summed E-state index contributed by atoms with van der Waals surface area (Å²) in [6.45, 7) is 2.60. The van der Waals surface area contributed by atoms with Crippen LogP contribution in [0.2, 0.25) is 0 Å². The second-order valence-electron chi connectivity index (χ2n) is 8.36. The topological polar surface area (TPSA) is 79.4 Å². The number of sulfonamides is 1. The molecular formula is C25H25Br2N3O3S. The Hall–Kier alpha value is -2.07. The molecule has 6 nitrogen and oxygen atoms in total. The van der Waals surface area contributed by atoms with Crippen LogP contribution in [0.5, 0.6) is 0 Å². The number of carbonyl (C=O) groups is 1. The average molecular weight is 607 g/mol. The second kappa shape index (κ2) is 10.7. The van der Waals surface area contributed by atoms with Crippen molar-refractivity contribution in [3.05, 3.63) is 92.6 Å². The number of rotatable bonds is 6. The van der Waals surface area contributed by atoms with Crippen LogP contribution in [0.1, 0.15) is 35.7 Å². The van der Waals surface area contributed by atoms with Gasteiger partial charge in [0.1, 0.15) is 0 Å². The Bertz CT molecular complexity index is 1260. The van der Waals surface area contributed by atoms with Crippen LogP contribution < -0.4 is 5.32 Å². The molecule has 0 saturated carbocycles. The van der Waals surface area contributed by atoms with E-state index in [4.69, 9.17) is 0 Å². The van der Waals surface area contributed by atoms with E-state index < -0.39 is 10.0 Å². The van der Waals surface area contributed by atoms with E-state index in [1.54, 1.807) is 24.4 Å². The number of amides is 1. The van der Waals surface area contributed by atoms with E-state index in [1.165, 1.54) is 4.31 Å². The Morgan fingerprint density at radius 2 is 1.76 bits per heavy atom. The van der Waals surface area contributed by atoms with Gasteiger partial charge in [-0.05, 0) is 71.6 Å². The first kappa shape index (κ1) is 25.0. The van der Waals surface area contributed by atoms with Gasteiger partial charge in [-0.15, -0.1) is 0 Å². The molecule has 0 bridgehead atoms. The van der Waals surface area contributed by atoms with Gasteiger partial charge >= 0.3 is 0 Å². The summed E-state index contributed by atoms with van der Waals surface area (Å²) in [5, 5.41) is 3.16. The van der Waals surface area contributed by atoms with Crippen molar-refractivity contribution >= 4 is 47.8 Å². The van der Waals surface area contributed by atoms with Crippen molar-refractivity contribution in [2.45, 2.75) is 30.7 Å². The maximum Gasteiger partial charge on any atom is 0.244 e. The number of benzene rings is 2. The standard InChI is InChI=1S/C25H25Br2N3O3S/c1-17-5-7-18(8-6-17)24(22-4-2-3-13-28-22)29-25(31)19-11-14-30(15-12-19)34(32,33)23-16-20(26)9-10-21(23)27/h2-10,13,16,19,24H,11-12,14-15H2,1H3,(H,29,31). The number of aromatic nitrogens is 1. The van der Waals surface area contributed by atoms with Gasteiger partial charge in [-0.2, -0.15) is 4.31 Å². The van der Waals surface area contributed by atoms with Crippen LogP contribution >= 0.6 is 31.9 Å². The minimum Gasteiger partial charge on any atom is -0.343 e. The molecule has 1 aliphatic rings. The molecule has 1 amide bonds. The van der Waals surface area contributed by atoms with Gasteiger partial charge in [0.15, 0.2) is 0 Å². The number of halogens is 2. The van der Waals surface area contributed by atoms with Gasteiger partial charge < -0.3 is 5.32 Å². The third kappa shape index (κ3) is 5.59. The highest BCUT2D eigenvalue weighted by molar-refractivity contribution is 9.11. The predicted octanol–water partition coefficient (Wildman–Crippen LogP) is 5.22. The maximum absolute atomic E-state index is 13.2. The van der Waals surface area contributed by atoms with Gasteiger partial charge in [0.25, 0.3) is 0 Å². The molecule has 4 rings (SSSR count). The molecule has 0 radical (unpaired) electrons. The second-order valence-corrected chi connectivity index (χ2v) is 12.0. The number of pyridine rings is 1. The number of nitrogens with zero attached hydrogens (tertiary/aromatic N) is 2. The van der Waals surface area contributed by atoms with Crippen LogP contribution in [0.15, 0.2) is 80.7 Å². The third-order valence-corrected chi connectivity index (χ3v) is 9.40. The first-order valence-electron chi connectivity index (χ1n) is 11.0. The largest absolute Gasteiger partial charge is 0.343 e. The van der Waals surface area contributed by atoms with Gasteiger partial charge in [0, 0.05) is 34.1 Å². The monoisotopic (exact) mass is 605 g/mol. The summed E-state index contributed by atoms with van der Waals surface area (Å²) < 4.78 is 29.0. The van der Waals surface area contributed by atoms with Gasteiger partial charge in [0.2, 0.25) is 15.9 Å². The van der Waals surface area contributed by atoms with E-state index >= 15 is 0 Å². The minimum absolute atomic E-state index is 0.0862. The van der Waals surface area contributed by atoms with E-state index in [-0.39, 0.29) is 35.9 Å². The van der Waals surface area contributed by atoms with E-state index in [0.717, 1.165) is 16.8 Å². The smallest absolute Gasteiger partial charge is 0.244 e. The van der Waals surface area contributed by atoms with Crippen molar-refractivity contribution in [3.8, 4) is 0 Å². The lowest BCUT2D eigenvalue weighted by molar-refractivity contribution is -0.126. The number of hydrogen-bond donors (Lipinski definition) is 1. The Morgan fingerprint density at radius 1 is 1.06 bits per heavy atom. The van der Waals surface area contributed by atoms with Gasteiger partial charge in [0.05, 0.1) is 16.6 Å². The van der Waals surface area contributed by atoms with Crippen molar-refractivity contribution in [1.82, 2.24) is 14.6 Å². The minimum atomic E-state index is -3.66. The summed E-state index contributed by atoms with van der Waals surface area (Å²) in [6, 6.07) is 18.4. The summed E-state index contributed by atoms with van der Waals surface area (Å²) in [7, 11) is -3.66. The highest BCUT2D eigenvalue weighted by Crippen LogP contribution is 2.31. The van der Waals surface area contributed by atoms with E-state index in [1.807, 2.05) is 49.4 Å². The maximum atomic E-state index is 13.2. The molecule has 9 heteroatoms. The van der Waals surface area contributed by atoms with Crippen LogP contribution in [-0.2, 0) is 14.8 Å². The van der Waals surface area contributed by atoms with Crippen molar-refractivity contribution in [2.24, 2.45) is 5.92 Å². The fourth-order valence-electron chi connectivity index (χ4n) is 4.07. The Morgan fingerprint density at radius 3 is 2.41 bits per heavy atom. The molecule has 0 aliphatic carbocycles. The molecule has 1 N–H and O–H groups in total. The molecule has 178 valence electrons. The molecule has 1 aliphatic heterocycles. The normalized spacial score (nSPS) is 16.2. The zero-order valence-corrected chi connectivity index (χ0v) is 22.6. The summed E-state index contributed by atoms with van der Waals surface area (Å²) in [4.78, 5) is 17.9. The fraction of sp³-hybridized carbons (Fsp3) is 0.280. The molecule has 3 aromatic rings. The number of carbonyl (C=O) groups excluding carboxylic acids is 1. The highest BCUT2D eigenvalue weighted by Gasteiger charge is 2.34. The SMILES string of the molecule is Cc1ccc(C(NC(=O)C2CCN(S(=O)(=O)c3cc(Br)ccc3Br)CC2)c2ccccn2)cc1. The number of aryl methyl sites for hydroxylation is 1. The quantitative estimate of drug-likeness (QED) is 0.417. The van der Waals surface area contributed by atoms with Crippen LogP contribution in [0.25, 0.3) is 0 Å². The zero-order chi connectivity index (χ0) is 24.3. The average Bonchev–Trinajstić information content (AvgIpc) is 2.85. The first-order chi connectivity index (χ1) is 16.3.